The SMILES string of the molecule is Cc1sc2nc(C(C)C)n([C@H]3CCCN(C(=O)Cc4ccc(F)cc4)C3)c(=O)c2c1C. The van der Waals surface area contributed by atoms with E-state index in [-0.39, 0.29) is 35.7 Å². The van der Waals surface area contributed by atoms with Crippen molar-refractivity contribution >= 4 is 27.5 Å². The number of amides is 1. The first kappa shape index (κ1) is 21.7. The first-order valence-corrected chi connectivity index (χ1v) is 11.6. The molecule has 1 fully saturated rings. The molecule has 0 bridgehead atoms. The van der Waals surface area contributed by atoms with Crippen LogP contribution in [0.3, 0.4) is 0 Å². The highest BCUT2D eigenvalue weighted by Gasteiger charge is 2.29. The highest BCUT2D eigenvalue weighted by Crippen LogP contribution is 2.30. The van der Waals surface area contributed by atoms with Crippen molar-refractivity contribution in [3.05, 3.63) is 62.3 Å². The lowest BCUT2D eigenvalue weighted by Crippen LogP contribution is -2.44. The van der Waals surface area contributed by atoms with Crippen LogP contribution in [0.25, 0.3) is 10.2 Å². The second kappa shape index (κ2) is 8.54. The van der Waals surface area contributed by atoms with Crippen molar-refractivity contribution in [3.63, 3.8) is 0 Å². The molecule has 1 amide bonds. The van der Waals surface area contributed by atoms with Crippen molar-refractivity contribution in [2.45, 2.75) is 58.9 Å². The molecule has 0 spiro atoms. The van der Waals surface area contributed by atoms with Crippen molar-refractivity contribution in [3.8, 4) is 0 Å². The summed E-state index contributed by atoms with van der Waals surface area (Å²) in [5, 5.41) is 0.710. The van der Waals surface area contributed by atoms with Crippen molar-refractivity contribution in [2.75, 3.05) is 13.1 Å². The van der Waals surface area contributed by atoms with E-state index < -0.39 is 0 Å². The Hall–Kier alpha value is -2.54. The fraction of sp³-hybridized carbons (Fsp3) is 0.458. The number of rotatable bonds is 4. The normalized spacial score (nSPS) is 17.0. The van der Waals surface area contributed by atoms with Crippen LogP contribution in [-0.2, 0) is 11.2 Å². The van der Waals surface area contributed by atoms with E-state index in [1.165, 1.54) is 12.1 Å². The van der Waals surface area contributed by atoms with E-state index in [0.29, 0.717) is 18.5 Å². The van der Waals surface area contributed by atoms with Crippen molar-refractivity contribution in [2.24, 2.45) is 0 Å². The largest absolute Gasteiger partial charge is 0.340 e. The number of hydrogen-bond donors (Lipinski definition) is 0. The lowest BCUT2D eigenvalue weighted by Gasteiger charge is -2.35. The van der Waals surface area contributed by atoms with Crippen LogP contribution in [0.4, 0.5) is 4.39 Å². The van der Waals surface area contributed by atoms with Gasteiger partial charge in [-0.1, -0.05) is 26.0 Å². The summed E-state index contributed by atoms with van der Waals surface area (Å²) in [6.07, 6.45) is 1.91. The summed E-state index contributed by atoms with van der Waals surface area (Å²) in [5.41, 5.74) is 1.80. The van der Waals surface area contributed by atoms with Gasteiger partial charge in [0.05, 0.1) is 17.8 Å². The lowest BCUT2D eigenvalue weighted by atomic mass is 10.0. The molecule has 0 N–H and O–H groups in total. The first-order valence-electron chi connectivity index (χ1n) is 10.8. The van der Waals surface area contributed by atoms with Gasteiger partial charge in [0, 0.05) is 23.9 Å². The van der Waals surface area contributed by atoms with Gasteiger partial charge in [-0.15, -0.1) is 11.3 Å². The number of aromatic nitrogens is 2. The van der Waals surface area contributed by atoms with E-state index in [1.54, 1.807) is 23.5 Å². The Morgan fingerprint density at radius 1 is 1.26 bits per heavy atom. The molecule has 164 valence electrons. The molecular formula is C24H28FN3O2S. The first-order chi connectivity index (χ1) is 14.8. The van der Waals surface area contributed by atoms with Crippen LogP contribution in [-0.4, -0.2) is 33.4 Å². The minimum absolute atomic E-state index is 0.00653. The molecule has 4 rings (SSSR count). The quantitative estimate of drug-likeness (QED) is 0.587. The van der Waals surface area contributed by atoms with Crippen LogP contribution in [0.15, 0.2) is 29.1 Å². The van der Waals surface area contributed by atoms with Crippen molar-refractivity contribution in [1.29, 1.82) is 0 Å². The number of fused-ring (bicyclic) bond motifs is 1. The summed E-state index contributed by atoms with van der Waals surface area (Å²) in [6, 6.07) is 5.96. The second-order valence-electron chi connectivity index (χ2n) is 8.70. The molecule has 0 saturated carbocycles. The molecule has 0 radical (unpaired) electrons. The number of hydrogen-bond acceptors (Lipinski definition) is 4. The molecule has 2 aromatic heterocycles. The van der Waals surface area contributed by atoms with Gasteiger partial charge >= 0.3 is 0 Å². The Labute approximate surface area is 185 Å². The van der Waals surface area contributed by atoms with Gasteiger partial charge in [-0.3, -0.25) is 14.2 Å². The summed E-state index contributed by atoms with van der Waals surface area (Å²) < 4.78 is 15.0. The van der Waals surface area contributed by atoms with Gasteiger partial charge in [-0.2, -0.15) is 0 Å². The topological polar surface area (TPSA) is 55.2 Å². The molecule has 3 aromatic rings. The van der Waals surface area contributed by atoms with Gasteiger partial charge in [0.25, 0.3) is 5.56 Å². The smallest absolute Gasteiger partial charge is 0.262 e. The molecule has 1 aliphatic heterocycles. The Balaban J connectivity index is 1.66. The zero-order valence-corrected chi connectivity index (χ0v) is 19.3. The second-order valence-corrected chi connectivity index (χ2v) is 9.91. The fourth-order valence-electron chi connectivity index (χ4n) is 4.36. The molecular weight excluding hydrogens is 413 g/mol. The van der Waals surface area contributed by atoms with Crippen LogP contribution in [0.5, 0.6) is 0 Å². The zero-order valence-electron chi connectivity index (χ0n) is 18.4. The molecule has 0 aliphatic carbocycles. The number of carbonyl (C=O) groups excluding carboxylic acids is 1. The maximum Gasteiger partial charge on any atom is 0.262 e. The monoisotopic (exact) mass is 441 g/mol. The number of carbonyl (C=O) groups is 1. The molecule has 1 aromatic carbocycles. The van der Waals surface area contributed by atoms with E-state index in [1.807, 2.05) is 23.3 Å². The number of nitrogens with zero attached hydrogens (tertiary/aromatic N) is 3. The number of likely N-dealkylation sites (tertiary alicyclic amines) is 1. The third-order valence-electron chi connectivity index (χ3n) is 6.16. The average molecular weight is 442 g/mol. The third kappa shape index (κ3) is 4.15. The van der Waals surface area contributed by atoms with Gasteiger partial charge in [-0.05, 0) is 49.9 Å². The number of thiophene rings is 1. The molecule has 5 nitrogen and oxygen atoms in total. The van der Waals surface area contributed by atoms with E-state index in [9.17, 15) is 14.0 Å². The minimum Gasteiger partial charge on any atom is -0.340 e. The average Bonchev–Trinajstić information content (AvgIpc) is 3.03. The van der Waals surface area contributed by atoms with Crippen LogP contribution in [0.1, 0.15) is 60.5 Å². The Kier molecular flexibility index (Phi) is 5.97. The Bertz CT molecular complexity index is 1180. The Morgan fingerprint density at radius 2 is 1.97 bits per heavy atom. The maximum absolute atomic E-state index is 13.6. The molecule has 7 heteroatoms. The molecule has 3 heterocycles. The minimum atomic E-state index is -0.309. The predicted molar refractivity (Wildman–Crippen MR) is 122 cm³/mol. The number of piperidine rings is 1. The van der Waals surface area contributed by atoms with Gasteiger partial charge in [-0.25, -0.2) is 9.37 Å². The predicted octanol–water partition coefficient (Wildman–Crippen LogP) is 4.74. The summed E-state index contributed by atoms with van der Waals surface area (Å²) >= 11 is 1.57. The number of halogens is 1. The third-order valence-corrected chi connectivity index (χ3v) is 7.26. The van der Waals surface area contributed by atoms with E-state index >= 15 is 0 Å². The molecule has 0 unspecified atom stereocenters. The van der Waals surface area contributed by atoms with Crippen LogP contribution in [0.2, 0.25) is 0 Å². The maximum atomic E-state index is 13.6. The molecule has 1 saturated heterocycles. The van der Waals surface area contributed by atoms with Gasteiger partial charge in [0.1, 0.15) is 16.5 Å². The highest BCUT2D eigenvalue weighted by molar-refractivity contribution is 7.18. The lowest BCUT2D eigenvalue weighted by molar-refractivity contribution is -0.132. The van der Waals surface area contributed by atoms with Crippen LogP contribution in [0, 0.1) is 19.7 Å². The van der Waals surface area contributed by atoms with Gasteiger partial charge in [0.2, 0.25) is 5.91 Å². The Morgan fingerprint density at radius 3 is 2.65 bits per heavy atom. The van der Waals surface area contributed by atoms with E-state index in [4.69, 9.17) is 4.98 Å². The van der Waals surface area contributed by atoms with E-state index in [0.717, 1.165) is 39.5 Å². The van der Waals surface area contributed by atoms with Crippen LogP contribution < -0.4 is 5.56 Å². The molecule has 1 aliphatic rings. The molecule has 31 heavy (non-hydrogen) atoms. The van der Waals surface area contributed by atoms with Crippen LogP contribution >= 0.6 is 11.3 Å². The fourth-order valence-corrected chi connectivity index (χ4v) is 5.39. The van der Waals surface area contributed by atoms with Gasteiger partial charge < -0.3 is 4.90 Å². The summed E-state index contributed by atoms with van der Waals surface area (Å²) in [5.74, 6) is 0.588. The molecule has 1 atom stereocenters. The number of benzene rings is 1. The highest BCUT2D eigenvalue weighted by atomic mass is 32.1. The summed E-state index contributed by atoms with van der Waals surface area (Å²) in [4.78, 5) is 35.2. The van der Waals surface area contributed by atoms with Crippen molar-refractivity contribution in [1.82, 2.24) is 14.5 Å². The van der Waals surface area contributed by atoms with Gasteiger partial charge in [0.15, 0.2) is 0 Å². The van der Waals surface area contributed by atoms with Crippen molar-refractivity contribution < 1.29 is 9.18 Å². The standard InChI is InChI=1S/C24H28FN3O2S/c1-14(2)22-26-23-21(15(3)16(4)31-23)24(30)28(22)19-6-5-11-27(13-19)20(29)12-17-7-9-18(25)10-8-17/h7-10,14,19H,5-6,11-13H2,1-4H3/t19-/m0/s1. The summed E-state index contributed by atoms with van der Waals surface area (Å²) in [7, 11) is 0. The zero-order chi connectivity index (χ0) is 22.3. The summed E-state index contributed by atoms with van der Waals surface area (Å²) in [6.45, 7) is 9.28. The number of aryl methyl sites for hydroxylation is 2. The van der Waals surface area contributed by atoms with E-state index in [2.05, 4.69) is 13.8 Å².